The number of aromatic nitrogens is 2. The summed E-state index contributed by atoms with van der Waals surface area (Å²) in [6.45, 7) is 5.92. The van der Waals surface area contributed by atoms with Gasteiger partial charge >= 0.3 is 0 Å². The Balaban J connectivity index is 0.000000574. The molecule has 18 heavy (non-hydrogen) atoms. The largest absolute Gasteiger partial charge is 0.241 e. The van der Waals surface area contributed by atoms with Crippen LogP contribution < -0.4 is 0 Å². The van der Waals surface area contributed by atoms with Crippen LogP contribution in [0.25, 0.3) is 16.5 Å². The molecule has 0 amide bonds. The van der Waals surface area contributed by atoms with E-state index in [2.05, 4.69) is 46.4 Å². The van der Waals surface area contributed by atoms with Gasteiger partial charge in [-0.15, -0.1) is 0 Å². The minimum absolute atomic E-state index is 0.820. The van der Waals surface area contributed by atoms with Gasteiger partial charge in [0.05, 0.1) is 5.52 Å². The molecule has 1 aromatic carbocycles. The number of rotatable bonds is 1. The third-order valence-electron chi connectivity index (χ3n) is 2.81. The molecule has 1 aliphatic carbocycles. The van der Waals surface area contributed by atoms with Gasteiger partial charge in [0.25, 0.3) is 0 Å². The highest BCUT2D eigenvalue weighted by Gasteiger charge is 2.03. The van der Waals surface area contributed by atoms with Crippen LogP contribution in [-0.4, -0.2) is 9.97 Å². The fourth-order valence-electron chi connectivity index (χ4n) is 1.97. The number of aryl methyl sites for hydroxylation is 1. The molecule has 1 aromatic heterocycles. The normalized spacial score (nSPS) is 13.2. The van der Waals surface area contributed by atoms with E-state index in [9.17, 15) is 0 Å². The van der Waals surface area contributed by atoms with Crippen molar-refractivity contribution in [2.45, 2.75) is 27.2 Å². The highest BCUT2D eigenvalue weighted by molar-refractivity contribution is 5.85. The Hall–Kier alpha value is -1.96. The number of allylic oxidation sites excluding steroid dienone is 4. The first-order chi connectivity index (χ1) is 8.83. The Morgan fingerprint density at radius 3 is 2.72 bits per heavy atom. The minimum Gasteiger partial charge on any atom is -0.241 e. The van der Waals surface area contributed by atoms with E-state index in [4.69, 9.17) is 0 Å². The molecule has 0 N–H and O–H groups in total. The maximum atomic E-state index is 4.45. The first kappa shape index (κ1) is 12.5. The van der Waals surface area contributed by atoms with Gasteiger partial charge in [-0.2, -0.15) is 0 Å². The molecular weight excluding hydrogens is 220 g/mol. The summed E-state index contributed by atoms with van der Waals surface area (Å²) < 4.78 is 0. The van der Waals surface area contributed by atoms with E-state index in [0.717, 1.165) is 23.1 Å². The second-order valence-electron chi connectivity index (χ2n) is 3.99. The summed E-state index contributed by atoms with van der Waals surface area (Å²) in [6.07, 6.45) is 9.48. The molecular formula is C16H18N2. The molecule has 0 fully saturated rings. The van der Waals surface area contributed by atoms with Crippen LogP contribution in [-0.2, 0) is 0 Å². The van der Waals surface area contributed by atoms with Crippen LogP contribution in [0.3, 0.4) is 0 Å². The predicted octanol–water partition coefficient (Wildman–Crippen LogP) is 4.31. The van der Waals surface area contributed by atoms with Crippen molar-refractivity contribution in [3.05, 3.63) is 54.0 Å². The first-order valence-corrected chi connectivity index (χ1v) is 6.43. The summed E-state index contributed by atoms with van der Waals surface area (Å²) >= 11 is 0. The molecule has 2 nitrogen and oxygen atoms in total. The summed E-state index contributed by atoms with van der Waals surface area (Å²) in [5, 5.41) is 1.09. The van der Waals surface area contributed by atoms with E-state index >= 15 is 0 Å². The average Bonchev–Trinajstić information content (AvgIpc) is 2.94. The second kappa shape index (κ2) is 5.58. The van der Waals surface area contributed by atoms with Crippen molar-refractivity contribution in [1.29, 1.82) is 0 Å². The third kappa shape index (κ3) is 2.48. The van der Waals surface area contributed by atoms with Gasteiger partial charge in [-0.1, -0.05) is 44.2 Å². The van der Waals surface area contributed by atoms with E-state index in [1.165, 1.54) is 11.1 Å². The molecule has 0 spiro atoms. The van der Waals surface area contributed by atoms with Crippen molar-refractivity contribution in [2.75, 3.05) is 0 Å². The zero-order valence-corrected chi connectivity index (χ0v) is 11.1. The Kier molecular flexibility index (Phi) is 3.88. The molecule has 1 heterocycles. The predicted molar refractivity (Wildman–Crippen MR) is 77.4 cm³/mol. The summed E-state index contributed by atoms with van der Waals surface area (Å²) in [4.78, 5) is 8.64. The first-order valence-electron chi connectivity index (χ1n) is 6.43. The summed E-state index contributed by atoms with van der Waals surface area (Å²) in [7, 11) is 0. The van der Waals surface area contributed by atoms with Crippen molar-refractivity contribution < 1.29 is 0 Å². The lowest BCUT2D eigenvalue weighted by Crippen LogP contribution is -1.89. The van der Waals surface area contributed by atoms with Crippen molar-refractivity contribution in [2.24, 2.45) is 0 Å². The van der Waals surface area contributed by atoms with Crippen LogP contribution in [0.4, 0.5) is 0 Å². The van der Waals surface area contributed by atoms with Crippen molar-refractivity contribution in [3.63, 3.8) is 0 Å². The smallest absolute Gasteiger partial charge is 0.125 e. The van der Waals surface area contributed by atoms with E-state index in [0.29, 0.717) is 0 Å². The molecule has 0 radical (unpaired) electrons. The van der Waals surface area contributed by atoms with Gasteiger partial charge in [-0.05, 0) is 30.5 Å². The molecule has 3 rings (SSSR count). The molecule has 0 atom stereocenters. The van der Waals surface area contributed by atoms with Crippen molar-refractivity contribution in [3.8, 4) is 0 Å². The van der Waals surface area contributed by atoms with Crippen LogP contribution in [0.5, 0.6) is 0 Å². The summed E-state index contributed by atoms with van der Waals surface area (Å²) in [5.41, 5.74) is 3.55. The quantitative estimate of drug-likeness (QED) is 0.740. The summed E-state index contributed by atoms with van der Waals surface area (Å²) in [6, 6.07) is 6.34. The van der Waals surface area contributed by atoms with Crippen molar-refractivity contribution in [1.82, 2.24) is 9.97 Å². The monoisotopic (exact) mass is 238 g/mol. The minimum atomic E-state index is 0.820. The standard InChI is InChI=1S/C14H12N2.C2H6/c1-10-15-9-13-7-6-12(8-14(13)16-10)11-4-2-3-5-11;1-2/h2,4-9H,3H2,1H3;1-2H3. The average molecular weight is 238 g/mol. The molecule has 1 aliphatic rings. The molecule has 2 aromatic rings. The number of hydrogen-bond acceptors (Lipinski definition) is 2. The molecule has 0 bridgehead atoms. The highest BCUT2D eigenvalue weighted by Crippen LogP contribution is 2.24. The van der Waals surface area contributed by atoms with Gasteiger partial charge < -0.3 is 0 Å². The Morgan fingerprint density at radius 2 is 2.00 bits per heavy atom. The van der Waals surface area contributed by atoms with Crippen LogP contribution in [0, 0.1) is 6.92 Å². The third-order valence-corrected chi connectivity index (χ3v) is 2.81. The Bertz CT molecular complexity index is 610. The van der Waals surface area contributed by atoms with E-state index in [1.54, 1.807) is 0 Å². The van der Waals surface area contributed by atoms with Crippen LogP contribution >= 0.6 is 0 Å². The fourth-order valence-corrected chi connectivity index (χ4v) is 1.97. The lowest BCUT2D eigenvalue weighted by molar-refractivity contribution is 1.09. The van der Waals surface area contributed by atoms with Crippen molar-refractivity contribution >= 4 is 16.5 Å². The molecule has 0 aliphatic heterocycles. The number of benzene rings is 1. The molecule has 2 heteroatoms. The number of nitrogens with zero attached hydrogens (tertiary/aromatic N) is 2. The van der Waals surface area contributed by atoms with E-state index in [-0.39, 0.29) is 0 Å². The highest BCUT2D eigenvalue weighted by atomic mass is 14.9. The van der Waals surface area contributed by atoms with Gasteiger partial charge in [0.2, 0.25) is 0 Å². The van der Waals surface area contributed by atoms with Gasteiger partial charge in [-0.3, -0.25) is 0 Å². The number of hydrogen-bond donors (Lipinski definition) is 0. The van der Waals surface area contributed by atoms with Crippen LogP contribution in [0.1, 0.15) is 31.7 Å². The molecule has 0 unspecified atom stereocenters. The maximum Gasteiger partial charge on any atom is 0.125 e. The topological polar surface area (TPSA) is 25.8 Å². The Labute approximate surface area is 108 Å². The van der Waals surface area contributed by atoms with Crippen LogP contribution in [0.2, 0.25) is 0 Å². The van der Waals surface area contributed by atoms with Gasteiger partial charge in [0, 0.05) is 11.6 Å². The zero-order valence-electron chi connectivity index (χ0n) is 11.1. The second-order valence-corrected chi connectivity index (χ2v) is 3.99. The zero-order chi connectivity index (χ0) is 13.0. The fraction of sp³-hybridized carbons (Fsp3) is 0.250. The number of fused-ring (bicyclic) bond motifs is 1. The Morgan fingerprint density at radius 1 is 1.17 bits per heavy atom. The lowest BCUT2D eigenvalue weighted by Gasteiger charge is -2.03. The molecule has 92 valence electrons. The van der Waals surface area contributed by atoms with Crippen LogP contribution in [0.15, 0.2) is 42.6 Å². The molecule has 0 saturated heterocycles. The SMILES string of the molecule is CC.Cc1ncc2ccc(C3=CCC=C3)cc2n1. The van der Waals surface area contributed by atoms with Gasteiger partial charge in [-0.25, -0.2) is 9.97 Å². The van der Waals surface area contributed by atoms with Gasteiger partial charge in [0.1, 0.15) is 5.82 Å². The molecule has 0 saturated carbocycles. The van der Waals surface area contributed by atoms with Gasteiger partial charge in [0.15, 0.2) is 0 Å². The maximum absolute atomic E-state index is 4.45. The summed E-state index contributed by atoms with van der Waals surface area (Å²) in [5.74, 6) is 0.820. The van der Waals surface area contributed by atoms with E-state index in [1.807, 2.05) is 27.0 Å². The van der Waals surface area contributed by atoms with E-state index < -0.39 is 0 Å². The lowest BCUT2D eigenvalue weighted by atomic mass is 10.1.